The van der Waals surface area contributed by atoms with Gasteiger partial charge in [-0.05, 0) is 87.1 Å². The SMILES string of the molecule is Cc1cc(C)c(C)c(S(=O)(=O)N2CCC[C@H]2c2nc(-c3ccc(Cl)cc3)no2)c1C. The van der Waals surface area contributed by atoms with Gasteiger partial charge in [-0.25, -0.2) is 8.42 Å². The molecule has 3 aromatic rings. The second-order valence-electron chi connectivity index (χ2n) is 7.83. The summed E-state index contributed by atoms with van der Waals surface area (Å²) in [6, 6.07) is 8.69. The molecular weight excluding hydrogens is 422 g/mol. The molecule has 0 saturated carbocycles. The molecule has 2 heterocycles. The fraction of sp³-hybridized carbons (Fsp3) is 0.364. The van der Waals surface area contributed by atoms with Crippen molar-refractivity contribution in [2.45, 2.75) is 51.5 Å². The Morgan fingerprint density at radius 2 is 1.70 bits per heavy atom. The fourth-order valence-corrected chi connectivity index (χ4v) is 6.40. The average Bonchev–Trinajstić information content (AvgIpc) is 3.36. The predicted molar refractivity (Wildman–Crippen MR) is 116 cm³/mol. The van der Waals surface area contributed by atoms with E-state index in [1.54, 1.807) is 12.1 Å². The molecule has 0 aliphatic carbocycles. The molecule has 30 heavy (non-hydrogen) atoms. The van der Waals surface area contributed by atoms with Crippen molar-refractivity contribution >= 4 is 21.6 Å². The van der Waals surface area contributed by atoms with E-state index in [2.05, 4.69) is 10.1 Å². The highest BCUT2D eigenvalue weighted by Gasteiger charge is 2.41. The largest absolute Gasteiger partial charge is 0.337 e. The van der Waals surface area contributed by atoms with Crippen molar-refractivity contribution in [1.29, 1.82) is 0 Å². The zero-order valence-electron chi connectivity index (χ0n) is 17.4. The molecule has 0 N–H and O–H groups in total. The number of halogens is 1. The molecule has 6 nitrogen and oxygen atoms in total. The molecule has 1 aromatic heterocycles. The van der Waals surface area contributed by atoms with E-state index in [1.807, 2.05) is 45.9 Å². The van der Waals surface area contributed by atoms with Crippen molar-refractivity contribution < 1.29 is 12.9 Å². The lowest BCUT2D eigenvalue weighted by Gasteiger charge is -2.25. The second kappa shape index (κ2) is 7.80. The van der Waals surface area contributed by atoms with Crippen LogP contribution in [0.2, 0.25) is 5.02 Å². The lowest BCUT2D eigenvalue weighted by Crippen LogP contribution is -2.32. The van der Waals surface area contributed by atoms with E-state index in [4.69, 9.17) is 16.1 Å². The first-order valence-electron chi connectivity index (χ1n) is 9.89. The molecule has 2 aromatic carbocycles. The van der Waals surface area contributed by atoms with Crippen molar-refractivity contribution in [3.63, 3.8) is 0 Å². The number of sulfonamides is 1. The number of nitrogens with zero attached hydrogens (tertiary/aromatic N) is 3. The Labute approximate surface area is 181 Å². The van der Waals surface area contributed by atoms with Crippen molar-refractivity contribution in [1.82, 2.24) is 14.4 Å². The second-order valence-corrected chi connectivity index (χ2v) is 10.1. The van der Waals surface area contributed by atoms with Gasteiger partial charge >= 0.3 is 0 Å². The summed E-state index contributed by atoms with van der Waals surface area (Å²) in [5.41, 5.74) is 4.28. The van der Waals surface area contributed by atoms with Crippen molar-refractivity contribution in [3.05, 3.63) is 63.5 Å². The highest BCUT2D eigenvalue weighted by molar-refractivity contribution is 7.89. The van der Waals surface area contributed by atoms with Gasteiger partial charge in [-0.1, -0.05) is 22.8 Å². The molecule has 1 aliphatic heterocycles. The van der Waals surface area contributed by atoms with Gasteiger partial charge in [0.05, 0.1) is 4.90 Å². The third-order valence-corrected chi connectivity index (χ3v) is 8.33. The lowest BCUT2D eigenvalue weighted by molar-refractivity contribution is 0.290. The Morgan fingerprint density at radius 1 is 1.07 bits per heavy atom. The summed E-state index contributed by atoms with van der Waals surface area (Å²) in [5, 5.41) is 4.68. The van der Waals surface area contributed by atoms with E-state index in [9.17, 15) is 8.42 Å². The van der Waals surface area contributed by atoms with Crippen molar-refractivity contribution in [2.75, 3.05) is 6.54 Å². The zero-order chi connectivity index (χ0) is 21.6. The Hall–Kier alpha value is -2.22. The molecular formula is C22H24ClN3O3S. The first-order chi connectivity index (χ1) is 14.2. The topological polar surface area (TPSA) is 76.3 Å². The highest BCUT2D eigenvalue weighted by Crippen LogP contribution is 2.39. The maximum atomic E-state index is 13.7. The number of benzene rings is 2. The van der Waals surface area contributed by atoms with E-state index < -0.39 is 16.1 Å². The number of hydrogen-bond acceptors (Lipinski definition) is 5. The molecule has 4 rings (SSSR count). The Bertz CT molecular complexity index is 1180. The van der Waals surface area contributed by atoms with Crippen LogP contribution >= 0.6 is 11.6 Å². The normalized spacial score (nSPS) is 17.6. The predicted octanol–water partition coefficient (Wildman–Crippen LogP) is 5.15. The van der Waals surface area contributed by atoms with Crippen LogP contribution in [0.25, 0.3) is 11.4 Å². The summed E-state index contributed by atoms with van der Waals surface area (Å²) >= 11 is 5.95. The van der Waals surface area contributed by atoms with Crippen LogP contribution in [0.3, 0.4) is 0 Å². The van der Waals surface area contributed by atoms with E-state index in [-0.39, 0.29) is 0 Å². The van der Waals surface area contributed by atoms with Gasteiger partial charge < -0.3 is 4.52 Å². The molecule has 8 heteroatoms. The van der Waals surface area contributed by atoms with Gasteiger partial charge in [0.25, 0.3) is 0 Å². The van der Waals surface area contributed by atoms with Crippen molar-refractivity contribution in [2.24, 2.45) is 0 Å². The number of aryl methyl sites for hydroxylation is 2. The monoisotopic (exact) mass is 445 g/mol. The summed E-state index contributed by atoms with van der Waals surface area (Å²) in [5.74, 6) is 0.741. The molecule has 1 atom stereocenters. The van der Waals surface area contributed by atoms with Crippen LogP contribution in [0.5, 0.6) is 0 Å². The van der Waals surface area contributed by atoms with Gasteiger partial charge in [0.15, 0.2) is 0 Å². The summed E-state index contributed by atoms with van der Waals surface area (Å²) in [4.78, 5) is 4.90. The van der Waals surface area contributed by atoms with Crippen LogP contribution in [0.15, 0.2) is 39.8 Å². The van der Waals surface area contributed by atoms with Gasteiger partial charge in [-0.2, -0.15) is 9.29 Å². The van der Waals surface area contributed by atoms with Crippen molar-refractivity contribution in [3.8, 4) is 11.4 Å². The lowest BCUT2D eigenvalue weighted by atomic mass is 10.0. The molecule has 0 amide bonds. The quantitative estimate of drug-likeness (QED) is 0.555. The van der Waals surface area contributed by atoms with E-state index in [1.165, 1.54) is 4.31 Å². The molecule has 1 fully saturated rings. The number of rotatable bonds is 4. The molecule has 1 saturated heterocycles. The first-order valence-corrected chi connectivity index (χ1v) is 11.7. The van der Waals surface area contributed by atoms with Gasteiger partial charge in [0, 0.05) is 17.1 Å². The standard InChI is InChI=1S/C22H24ClN3O3S/c1-13-12-14(2)16(4)20(15(13)3)30(27,28)26-11-5-6-19(26)22-24-21(25-29-22)17-7-9-18(23)10-8-17/h7-10,12,19H,5-6,11H2,1-4H3/t19-/m0/s1. The third-order valence-electron chi connectivity index (χ3n) is 5.90. The van der Waals surface area contributed by atoms with Gasteiger partial charge in [0.2, 0.25) is 21.7 Å². The van der Waals surface area contributed by atoms with Gasteiger partial charge in [0.1, 0.15) is 6.04 Å². The van der Waals surface area contributed by atoms with Crippen LogP contribution in [0, 0.1) is 27.7 Å². The fourth-order valence-electron chi connectivity index (χ4n) is 4.05. The Balaban J connectivity index is 1.72. The van der Waals surface area contributed by atoms with Crippen LogP contribution in [0.1, 0.15) is 47.0 Å². The summed E-state index contributed by atoms with van der Waals surface area (Å²) < 4.78 is 34.4. The van der Waals surface area contributed by atoms with Crippen LogP contribution < -0.4 is 0 Å². The Kier molecular flexibility index (Phi) is 5.46. The molecule has 158 valence electrons. The summed E-state index contributed by atoms with van der Waals surface area (Å²) in [6.07, 6.45) is 1.38. The summed E-state index contributed by atoms with van der Waals surface area (Å²) in [7, 11) is -3.72. The minimum atomic E-state index is -3.72. The Morgan fingerprint density at radius 3 is 2.33 bits per heavy atom. The first kappa shape index (κ1) is 21.0. The average molecular weight is 446 g/mol. The molecule has 0 spiro atoms. The van der Waals surface area contributed by atoms with Gasteiger partial charge in [-0.15, -0.1) is 0 Å². The molecule has 0 bridgehead atoms. The third kappa shape index (κ3) is 3.55. The van der Waals surface area contributed by atoms with E-state index in [0.29, 0.717) is 34.6 Å². The molecule has 0 unspecified atom stereocenters. The number of hydrogen-bond donors (Lipinski definition) is 0. The maximum absolute atomic E-state index is 13.7. The highest BCUT2D eigenvalue weighted by atomic mass is 35.5. The van der Waals surface area contributed by atoms with E-state index >= 15 is 0 Å². The zero-order valence-corrected chi connectivity index (χ0v) is 19.0. The molecule has 1 aliphatic rings. The minimum absolute atomic E-state index is 0.320. The van der Waals surface area contributed by atoms with Crippen LogP contribution in [-0.2, 0) is 10.0 Å². The van der Waals surface area contributed by atoms with E-state index in [0.717, 1.165) is 34.2 Å². The minimum Gasteiger partial charge on any atom is -0.337 e. The van der Waals surface area contributed by atoms with Gasteiger partial charge in [-0.3, -0.25) is 0 Å². The molecule has 0 radical (unpaired) electrons. The number of aromatic nitrogens is 2. The smallest absolute Gasteiger partial charge is 0.245 e. The summed E-state index contributed by atoms with van der Waals surface area (Å²) in [6.45, 7) is 8.05. The van der Waals surface area contributed by atoms with Crippen LogP contribution in [-0.4, -0.2) is 29.4 Å². The van der Waals surface area contributed by atoms with Crippen LogP contribution in [0.4, 0.5) is 0 Å². The maximum Gasteiger partial charge on any atom is 0.245 e.